The van der Waals surface area contributed by atoms with Crippen molar-refractivity contribution >= 4 is 51.4 Å². The lowest BCUT2D eigenvalue weighted by Gasteiger charge is -2.26. The molecule has 7 nitrogen and oxygen atoms in total. The maximum atomic E-state index is 5.39. The van der Waals surface area contributed by atoms with Crippen LogP contribution < -0.4 is 10.2 Å². The molecule has 1 aliphatic heterocycles. The van der Waals surface area contributed by atoms with Crippen LogP contribution in [0.15, 0.2) is 24.4 Å². The van der Waals surface area contributed by atoms with Crippen molar-refractivity contribution in [1.29, 1.82) is 0 Å². The third-order valence-corrected chi connectivity index (χ3v) is 6.97. The number of rotatable bonds is 6. The number of anilines is 3. The van der Waals surface area contributed by atoms with E-state index in [0.717, 1.165) is 52.3 Å². The summed E-state index contributed by atoms with van der Waals surface area (Å²) in [5.74, 6) is 1.36. The number of ether oxygens (including phenoxy) is 1. The molecule has 9 heteroatoms. The van der Waals surface area contributed by atoms with E-state index in [1.165, 1.54) is 32.1 Å². The second-order valence-corrected chi connectivity index (χ2v) is 8.93. The minimum Gasteiger partial charge on any atom is -0.383 e. The van der Waals surface area contributed by atoms with Crippen molar-refractivity contribution in [3.05, 3.63) is 29.4 Å². The van der Waals surface area contributed by atoms with Crippen LogP contribution in [0.2, 0.25) is 0 Å². The summed E-state index contributed by atoms with van der Waals surface area (Å²) in [4.78, 5) is 11.8. The van der Waals surface area contributed by atoms with Crippen molar-refractivity contribution in [3.8, 4) is 0 Å². The molecule has 2 fully saturated rings. The molecule has 3 aromatic heterocycles. The second-order valence-electron chi connectivity index (χ2n) is 7.92. The molecule has 1 saturated heterocycles. The van der Waals surface area contributed by atoms with Crippen LogP contribution in [0.3, 0.4) is 0 Å². The first-order chi connectivity index (χ1) is 14.3. The summed E-state index contributed by atoms with van der Waals surface area (Å²) in [6.45, 7) is 1.78. The predicted molar refractivity (Wildman–Crippen MR) is 123 cm³/mol. The van der Waals surface area contributed by atoms with Crippen molar-refractivity contribution in [1.82, 2.24) is 20.2 Å². The van der Waals surface area contributed by atoms with Crippen LogP contribution >= 0.6 is 23.7 Å². The molecule has 1 aliphatic carbocycles. The topological polar surface area (TPSA) is 76.1 Å². The van der Waals surface area contributed by atoms with E-state index < -0.39 is 0 Å². The summed E-state index contributed by atoms with van der Waals surface area (Å²) in [5.41, 5.74) is 2.89. The predicted octanol–water partition coefficient (Wildman–Crippen LogP) is 4.92. The van der Waals surface area contributed by atoms with E-state index in [-0.39, 0.29) is 12.4 Å². The highest BCUT2D eigenvalue weighted by molar-refractivity contribution is 7.15. The lowest BCUT2D eigenvalue weighted by Crippen LogP contribution is -2.32. The fourth-order valence-corrected chi connectivity index (χ4v) is 5.42. The van der Waals surface area contributed by atoms with Crippen LogP contribution in [0, 0.1) is 0 Å². The highest BCUT2D eigenvalue weighted by atomic mass is 35.5. The van der Waals surface area contributed by atoms with Gasteiger partial charge in [0.15, 0.2) is 0 Å². The third kappa shape index (κ3) is 4.36. The Labute approximate surface area is 186 Å². The molecule has 0 spiro atoms. The molecule has 0 aromatic carbocycles. The lowest BCUT2D eigenvalue weighted by atomic mass is 10.1. The summed E-state index contributed by atoms with van der Waals surface area (Å²) in [7, 11) is 1.76. The van der Waals surface area contributed by atoms with Crippen LogP contribution in [0.1, 0.15) is 49.5 Å². The zero-order valence-electron chi connectivity index (χ0n) is 17.1. The Hall–Kier alpha value is -2.03. The van der Waals surface area contributed by atoms with Crippen molar-refractivity contribution in [2.75, 3.05) is 30.5 Å². The van der Waals surface area contributed by atoms with E-state index in [0.29, 0.717) is 12.0 Å². The van der Waals surface area contributed by atoms with Gasteiger partial charge in [-0.05, 0) is 43.9 Å². The van der Waals surface area contributed by atoms with E-state index in [9.17, 15) is 0 Å². The Bertz CT molecular complexity index is 993. The van der Waals surface area contributed by atoms with Crippen LogP contribution in [-0.4, -0.2) is 46.5 Å². The maximum Gasteiger partial charge on any atom is 0.211 e. The molecule has 1 saturated carbocycles. The van der Waals surface area contributed by atoms with Crippen LogP contribution in [0.25, 0.3) is 11.0 Å². The quantitative estimate of drug-likeness (QED) is 0.575. The number of hydrogen-bond donors (Lipinski definition) is 1. The molecule has 0 radical (unpaired) electrons. The van der Waals surface area contributed by atoms with E-state index in [1.807, 2.05) is 18.3 Å². The van der Waals surface area contributed by atoms with E-state index >= 15 is 0 Å². The van der Waals surface area contributed by atoms with Crippen molar-refractivity contribution < 1.29 is 4.74 Å². The van der Waals surface area contributed by atoms with Gasteiger partial charge >= 0.3 is 0 Å². The average molecular weight is 447 g/mol. The fraction of sp³-hybridized carbons (Fsp3) is 0.524. The molecule has 4 heterocycles. The zero-order valence-corrected chi connectivity index (χ0v) is 18.7. The normalized spacial score (nSPS) is 19.4. The molecule has 2 aliphatic rings. The third-order valence-electron chi connectivity index (χ3n) is 5.97. The number of methoxy groups -OCH3 is 1. The minimum atomic E-state index is 0. The number of halogens is 1. The van der Waals surface area contributed by atoms with Gasteiger partial charge in [-0.3, -0.25) is 4.98 Å². The van der Waals surface area contributed by atoms with Crippen molar-refractivity contribution in [2.45, 2.75) is 50.5 Å². The molecule has 0 unspecified atom stereocenters. The molecular weight excluding hydrogens is 420 g/mol. The first-order valence-electron chi connectivity index (χ1n) is 10.4. The lowest BCUT2D eigenvalue weighted by molar-refractivity contribution is 0.181. The van der Waals surface area contributed by atoms with Gasteiger partial charge in [0, 0.05) is 19.6 Å². The molecule has 1 atom stereocenters. The van der Waals surface area contributed by atoms with Gasteiger partial charge in [0.25, 0.3) is 0 Å². The smallest absolute Gasteiger partial charge is 0.211 e. The van der Waals surface area contributed by atoms with Crippen molar-refractivity contribution in [2.24, 2.45) is 0 Å². The van der Waals surface area contributed by atoms with Gasteiger partial charge in [0.2, 0.25) is 5.13 Å². The Morgan fingerprint density at radius 1 is 1.13 bits per heavy atom. The molecule has 30 heavy (non-hydrogen) atoms. The number of hydrogen-bond acceptors (Lipinski definition) is 8. The maximum absolute atomic E-state index is 5.39. The van der Waals surface area contributed by atoms with Crippen molar-refractivity contribution in [3.63, 3.8) is 0 Å². The highest BCUT2D eigenvalue weighted by Gasteiger charge is 2.25. The SMILES string of the molecule is COC[C@@H]1CCCN1c1cnc2ccc(Nc3nnc(C4CCCC4)s3)nc2c1.Cl. The summed E-state index contributed by atoms with van der Waals surface area (Å²) < 4.78 is 5.39. The average Bonchev–Trinajstić information content (AvgIpc) is 3.49. The Kier molecular flexibility index (Phi) is 6.65. The molecule has 0 amide bonds. The minimum absolute atomic E-state index is 0. The van der Waals surface area contributed by atoms with E-state index in [4.69, 9.17) is 9.72 Å². The second kappa shape index (κ2) is 9.41. The summed E-state index contributed by atoms with van der Waals surface area (Å²) in [6, 6.07) is 6.50. The largest absolute Gasteiger partial charge is 0.383 e. The molecule has 5 rings (SSSR count). The van der Waals surface area contributed by atoms with Crippen LogP contribution in [0.4, 0.5) is 16.6 Å². The number of nitrogens with one attached hydrogen (secondary N) is 1. The van der Waals surface area contributed by atoms with Gasteiger partial charge < -0.3 is 15.0 Å². The van der Waals surface area contributed by atoms with Gasteiger partial charge in [-0.2, -0.15) is 0 Å². The molecule has 3 aromatic rings. The Morgan fingerprint density at radius 2 is 2.00 bits per heavy atom. The summed E-state index contributed by atoms with van der Waals surface area (Å²) in [6.07, 6.45) is 9.36. The Balaban J connectivity index is 0.00000218. The van der Waals surface area contributed by atoms with Gasteiger partial charge in [0.05, 0.1) is 35.6 Å². The zero-order chi connectivity index (χ0) is 19.6. The summed E-state index contributed by atoms with van der Waals surface area (Å²) >= 11 is 1.65. The van der Waals surface area contributed by atoms with E-state index in [1.54, 1.807) is 18.4 Å². The standard InChI is InChI=1S/C21H26N6OS.ClH/c1-28-13-15-7-4-10-27(15)16-11-18-17(22-12-16)8-9-19(23-18)24-21-26-25-20(29-21)14-5-2-3-6-14;/h8-9,11-12,14-15H,2-7,10,13H2,1H3,(H,23,24,26);1H/t15-;/m0./s1. The monoisotopic (exact) mass is 446 g/mol. The van der Waals surface area contributed by atoms with Gasteiger partial charge in [-0.15, -0.1) is 22.6 Å². The molecule has 1 N–H and O–H groups in total. The molecular formula is C21H27ClN6OS. The number of aromatic nitrogens is 4. The summed E-state index contributed by atoms with van der Waals surface area (Å²) in [5, 5.41) is 14.0. The Morgan fingerprint density at radius 3 is 2.83 bits per heavy atom. The highest BCUT2D eigenvalue weighted by Crippen LogP contribution is 2.37. The molecule has 0 bridgehead atoms. The number of nitrogens with zero attached hydrogens (tertiary/aromatic N) is 5. The fourth-order valence-electron chi connectivity index (χ4n) is 4.50. The first-order valence-corrected chi connectivity index (χ1v) is 11.2. The van der Waals surface area contributed by atoms with Gasteiger partial charge in [0.1, 0.15) is 10.8 Å². The first kappa shape index (κ1) is 21.2. The van der Waals surface area contributed by atoms with Crippen LogP contribution in [-0.2, 0) is 4.74 Å². The van der Waals surface area contributed by atoms with E-state index in [2.05, 4.69) is 31.5 Å². The number of pyridine rings is 2. The van der Waals surface area contributed by atoms with Crippen LogP contribution in [0.5, 0.6) is 0 Å². The van der Waals surface area contributed by atoms with Gasteiger partial charge in [-0.1, -0.05) is 24.2 Å². The van der Waals surface area contributed by atoms with Gasteiger partial charge in [-0.25, -0.2) is 4.98 Å². The molecule has 160 valence electrons. The number of fused-ring (bicyclic) bond motifs is 1.